The van der Waals surface area contributed by atoms with Gasteiger partial charge in [-0.05, 0) is 34.8 Å². The van der Waals surface area contributed by atoms with Gasteiger partial charge in [0.15, 0.2) is 0 Å². The molecule has 0 unspecified atom stereocenters. The van der Waals surface area contributed by atoms with Crippen LogP contribution in [0.25, 0.3) is 0 Å². The van der Waals surface area contributed by atoms with Crippen molar-refractivity contribution in [3.63, 3.8) is 0 Å². The second kappa shape index (κ2) is 4.68. The minimum atomic E-state index is 0.340. The zero-order valence-corrected chi connectivity index (χ0v) is 10.6. The van der Waals surface area contributed by atoms with Gasteiger partial charge in [-0.1, -0.05) is 11.6 Å². The quantitative estimate of drug-likeness (QED) is 0.864. The number of nitrogens with zero attached hydrogens (tertiary/aromatic N) is 2. The number of nitrogens with two attached hydrogens (primary N) is 1. The molecule has 82 valence electrons. The Kier molecular flexibility index (Phi) is 3.49. The molecular formula is C10H13BrClN3. The molecule has 0 amide bonds. The third-order valence-electron chi connectivity index (χ3n) is 2.63. The van der Waals surface area contributed by atoms with Gasteiger partial charge < -0.3 is 10.6 Å². The molecule has 1 fully saturated rings. The van der Waals surface area contributed by atoms with Crippen LogP contribution in [0.15, 0.2) is 16.7 Å². The molecule has 1 aromatic rings. The fourth-order valence-electron chi connectivity index (χ4n) is 1.75. The van der Waals surface area contributed by atoms with Gasteiger partial charge in [-0.3, -0.25) is 0 Å². The second-order valence-corrected chi connectivity index (χ2v) is 5.07. The van der Waals surface area contributed by atoms with Gasteiger partial charge in [0.05, 0.1) is 9.50 Å². The summed E-state index contributed by atoms with van der Waals surface area (Å²) in [5.74, 6) is 0.964. The van der Waals surface area contributed by atoms with E-state index in [2.05, 4.69) is 25.8 Å². The number of rotatable bonds is 1. The molecule has 0 aliphatic carbocycles. The number of anilines is 1. The van der Waals surface area contributed by atoms with E-state index in [0.717, 1.165) is 36.2 Å². The van der Waals surface area contributed by atoms with Crippen LogP contribution >= 0.6 is 27.5 Å². The predicted molar refractivity (Wildman–Crippen MR) is 66.4 cm³/mol. The molecule has 2 rings (SSSR count). The summed E-state index contributed by atoms with van der Waals surface area (Å²) in [5, 5.41) is 0.652. The van der Waals surface area contributed by atoms with Crippen molar-refractivity contribution in [2.24, 2.45) is 5.73 Å². The Morgan fingerprint density at radius 3 is 2.73 bits per heavy atom. The van der Waals surface area contributed by atoms with Crippen LogP contribution in [0, 0.1) is 0 Å². The molecule has 2 N–H and O–H groups in total. The average Bonchev–Trinajstić information content (AvgIpc) is 2.20. The summed E-state index contributed by atoms with van der Waals surface area (Å²) in [7, 11) is 0. The number of pyridine rings is 1. The normalized spacial score (nSPS) is 18.2. The van der Waals surface area contributed by atoms with Crippen molar-refractivity contribution in [3.05, 3.63) is 21.8 Å². The van der Waals surface area contributed by atoms with E-state index in [1.807, 2.05) is 6.07 Å². The Balaban J connectivity index is 2.15. The highest BCUT2D eigenvalue weighted by molar-refractivity contribution is 9.10. The predicted octanol–water partition coefficient (Wildman–Crippen LogP) is 2.43. The second-order valence-electron chi connectivity index (χ2n) is 3.78. The number of hydrogen-bond donors (Lipinski definition) is 1. The third kappa shape index (κ3) is 2.62. The lowest BCUT2D eigenvalue weighted by molar-refractivity contribution is 0.498. The summed E-state index contributed by atoms with van der Waals surface area (Å²) in [4.78, 5) is 6.57. The first-order valence-electron chi connectivity index (χ1n) is 4.98. The first-order valence-corrected chi connectivity index (χ1v) is 6.15. The smallest absolute Gasteiger partial charge is 0.142 e. The molecule has 0 spiro atoms. The first kappa shape index (κ1) is 11.2. The lowest BCUT2D eigenvalue weighted by Crippen LogP contribution is -2.40. The molecule has 5 heteroatoms. The van der Waals surface area contributed by atoms with Crippen LogP contribution in [-0.2, 0) is 0 Å². The summed E-state index contributed by atoms with van der Waals surface area (Å²) in [5.41, 5.74) is 5.86. The van der Waals surface area contributed by atoms with Gasteiger partial charge in [0, 0.05) is 25.3 Å². The molecule has 3 nitrogen and oxygen atoms in total. The molecule has 1 aliphatic rings. The lowest BCUT2D eigenvalue weighted by atomic mass is 10.1. The van der Waals surface area contributed by atoms with Gasteiger partial charge in [-0.2, -0.15) is 0 Å². The Labute approximate surface area is 103 Å². The van der Waals surface area contributed by atoms with Crippen LogP contribution in [-0.4, -0.2) is 24.1 Å². The number of aromatic nitrogens is 1. The van der Waals surface area contributed by atoms with E-state index in [4.69, 9.17) is 17.3 Å². The summed E-state index contributed by atoms with van der Waals surface area (Å²) < 4.78 is 0.950. The number of halogens is 2. The largest absolute Gasteiger partial charge is 0.356 e. The van der Waals surface area contributed by atoms with Crippen molar-refractivity contribution in [3.8, 4) is 0 Å². The highest BCUT2D eigenvalue weighted by Crippen LogP contribution is 2.28. The maximum absolute atomic E-state index is 5.86. The molecule has 0 radical (unpaired) electrons. The van der Waals surface area contributed by atoms with Crippen molar-refractivity contribution >= 4 is 33.3 Å². The van der Waals surface area contributed by atoms with Gasteiger partial charge >= 0.3 is 0 Å². The van der Waals surface area contributed by atoms with Gasteiger partial charge in [0.25, 0.3) is 0 Å². The van der Waals surface area contributed by atoms with Crippen LogP contribution in [0.4, 0.5) is 5.82 Å². The molecule has 0 bridgehead atoms. The topological polar surface area (TPSA) is 42.1 Å². The summed E-state index contributed by atoms with van der Waals surface area (Å²) >= 11 is 9.33. The fourth-order valence-corrected chi connectivity index (χ4v) is 2.64. The molecule has 0 aromatic carbocycles. The average molecular weight is 291 g/mol. The third-order valence-corrected chi connectivity index (χ3v) is 3.42. The SMILES string of the molecule is NC1CCN(c2ncc(Cl)cc2Br)CC1. The van der Waals surface area contributed by atoms with Gasteiger partial charge in [-0.25, -0.2) is 4.98 Å². The first-order chi connectivity index (χ1) is 7.16. The molecule has 2 heterocycles. The van der Waals surface area contributed by atoms with Crippen molar-refractivity contribution in [1.29, 1.82) is 0 Å². The highest BCUT2D eigenvalue weighted by Gasteiger charge is 2.18. The van der Waals surface area contributed by atoms with E-state index < -0.39 is 0 Å². The number of piperidine rings is 1. The van der Waals surface area contributed by atoms with Crippen molar-refractivity contribution < 1.29 is 0 Å². The molecule has 1 aromatic heterocycles. The Hall–Kier alpha value is -0.320. The minimum Gasteiger partial charge on any atom is -0.356 e. The summed E-state index contributed by atoms with van der Waals surface area (Å²) in [6, 6.07) is 2.21. The van der Waals surface area contributed by atoms with E-state index >= 15 is 0 Å². The van der Waals surface area contributed by atoms with E-state index in [-0.39, 0.29) is 0 Å². The Morgan fingerprint density at radius 2 is 2.13 bits per heavy atom. The maximum atomic E-state index is 5.86. The Bertz CT molecular complexity index is 351. The highest BCUT2D eigenvalue weighted by atomic mass is 79.9. The molecular weight excluding hydrogens is 277 g/mol. The van der Waals surface area contributed by atoms with E-state index in [9.17, 15) is 0 Å². The standard InChI is InChI=1S/C10H13BrClN3/c11-9-5-7(12)6-14-10(9)15-3-1-8(13)2-4-15/h5-6,8H,1-4,13H2. The summed E-state index contributed by atoms with van der Waals surface area (Å²) in [6.45, 7) is 1.93. The van der Waals surface area contributed by atoms with Gasteiger partial charge in [-0.15, -0.1) is 0 Å². The van der Waals surface area contributed by atoms with Crippen molar-refractivity contribution in [2.45, 2.75) is 18.9 Å². The van der Waals surface area contributed by atoms with Crippen molar-refractivity contribution in [2.75, 3.05) is 18.0 Å². The maximum Gasteiger partial charge on any atom is 0.142 e. The lowest BCUT2D eigenvalue weighted by Gasteiger charge is -2.31. The Morgan fingerprint density at radius 1 is 1.47 bits per heavy atom. The summed E-state index contributed by atoms with van der Waals surface area (Å²) in [6.07, 6.45) is 3.73. The molecule has 0 atom stereocenters. The zero-order chi connectivity index (χ0) is 10.8. The van der Waals surface area contributed by atoms with Gasteiger partial charge in [0.2, 0.25) is 0 Å². The molecule has 0 saturated carbocycles. The van der Waals surface area contributed by atoms with E-state index in [1.54, 1.807) is 6.20 Å². The molecule has 1 aliphatic heterocycles. The van der Waals surface area contributed by atoms with Crippen LogP contribution in [0.5, 0.6) is 0 Å². The van der Waals surface area contributed by atoms with E-state index in [1.165, 1.54) is 0 Å². The number of hydrogen-bond acceptors (Lipinski definition) is 3. The fraction of sp³-hybridized carbons (Fsp3) is 0.500. The van der Waals surface area contributed by atoms with Gasteiger partial charge in [0.1, 0.15) is 5.82 Å². The van der Waals surface area contributed by atoms with Crippen molar-refractivity contribution in [1.82, 2.24) is 4.98 Å². The van der Waals surface area contributed by atoms with Crippen LogP contribution in [0.3, 0.4) is 0 Å². The zero-order valence-electron chi connectivity index (χ0n) is 8.29. The minimum absolute atomic E-state index is 0.340. The van der Waals surface area contributed by atoms with Crippen LogP contribution < -0.4 is 10.6 Å². The monoisotopic (exact) mass is 289 g/mol. The van der Waals surface area contributed by atoms with Crippen LogP contribution in [0.1, 0.15) is 12.8 Å². The van der Waals surface area contributed by atoms with E-state index in [0.29, 0.717) is 11.1 Å². The van der Waals surface area contributed by atoms with Crippen LogP contribution in [0.2, 0.25) is 5.02 Å². The molecule has 1 saturated heterocycles. The molecule has 15 heavy (non-hydrogen) atoms.